The number of methoxy groups -OCH3 is 3. The Kier molecular flexibility index (Phi) is 17.0. The number of ether oxygens (including phenoxy) is 11. The standard InChI is InChI=1S/C56H82O17/c1-12-31(2)51(59)69-35(6)54(60)24-25-56(62)53(54,8)43(71-44(57)19-18-36-16-14-13-15-17-36)30-42-52(7)22-21-38(26-37(52)20-23-55(42,56)61)70-45-28-40(64-10)49(33(4)67-45)73-47-29-41(65-11)50(34(5)68-47)72-46-27-39(63-9)48(58)32(3)66-46/h12-20,32-35,38-43,45-50,58,60-62H,21-30H2,1-11H3. The number of carbonyl (C=O) groups is 2. The molecule has 21 atom stereocenters. The van der Waals surface area contributed by atoms with Gasteiger partial charge in [0, 0.05) is 58.2 Å². The Bertz CT molecular complexity index is 2190. The highest BCUT2D eigenvalue weighted by molar-refractivity contribution is 5.88. The largest absolute Gasteiger partial charge is 0.458 e. The van der Waals surface area contributed by atoms with Crippen LogP contribution in [0.1, 0.15) is 125 Å². The Morgan fingerprint density at radius 1 is 0.781 bits per heavy atom. The highest BCUT2D eigenvalue weighted by atomic mass is 16.7. The Morgan fingerprint density at radius 3 is 1.95 bits per heavy atom. The van der Waals surface area contributed by atoms with Gasteiger partial charge in [-0.1, -0.05) is 61.9 Å². The summed E-state index contributed by atoms with van der Waals surface area (Å²) in [7, 11) is 4.84. The third kappa shape index (κ3) is 10.2. The number of esters is 2. The van der Waals surface area contributed by atoms with Crippen LogP contribution in [0.4, 0.5) is 0 Å². The van der Waals surface area contributed by atoms with Gasteiger partial charge in [0.15, 0.2) is 18.9 Å². The molecule has 3 saturated carbocycles. The first-order chi connectivity index (χ1) is 34.6. The van der Waals surface area contributed by atoms with Crippen LogP contribution < -0.4 is 0 Å². The number of allylic oxidation sites excluding steroid dienone is 1. The molecule has 3 aliphatic heterocycles. The molecule has 0 bridgehead atoms. The van der Waals surface area contributed by atoms with Crippen LogP contribution >= 0.6 is 0 Å². The quantitative estimate of drug-likeness (QED) is 0.0899. The third-order valence-corrected chi connectivity index (χ3v) is 18.6. The van der Waals surface area contributed by atoms with Gasteiger partial charge in [0.05, 0.1) is 48.1 Å². The molecule has 0 amide bonds. The minimum Gasteiger partial charge on any atom is -0.458 e. The van der Waals surface area contributed by atoms with E-state index < -0.39 is 125 Å². The summed E-state index contributed by atoms with van der Waals surface area (Å²) in [6.45, 7) is 14.4. The van der Waals surface area contributed by atoms with Gasteiger partial charge in [-0.15, -0.1) is 0 Å². The maximum atomic E-state index is 13.9. The lowest BCUT2D eigenvalue weighted by Crippen LogP contribution is -2.78. The van der Waals surface area contributed by atoms with Gasteiger partial charge in [-0.05, 0) is 104 Å². The molecule has 1 aromatic rings. The Morgan fingerprint density at radius 2 is 1.36 bits per heavy atom. The smallest absolute Gasteiger partial charge is 0.333 e. The predicted octanol–water partition coefficient (Wildman–Crippen LogP) is 6.01. The van der Waals surface area contributed by atoms with Crippen LogP contribution in [0.25, 0.3) is 6.08 Å². The lowest BCUT2D eigenvalue weighted by molar-refractivity contribution is -0.339. The molecular formula is C56H82O17. The fourth-order valence-corrected chi connectivity index (χ4v) is 13.9. The van der Waals surface area contributed by atoms with Crippen molar-refractivity contribution in [2.75, 3.05) is 21.3 Å². The van der Waals surface area contributed by atoms with Crippen molar-refractivity contribution < 1.29 is 82.1 Å². The van der Waals surface area contributed by atoms with Crippen LogP contribution in [-0.4, -0.2) is 163 Å². The van der Waals surface area contributed by atoms with Crippen LogP contribution in [0.5, 0.6) is 0 Å². The maximum Gasteiger partial charge on any atom is 0.333 e. The molecule has 1 aromatic carbocycles. The Labute approximate surface area is 430 Å². The van der Waals surface area contributed by atoms with Gasteiger partial charge < -0.3 is 72.5 Å². The van der Waals surface area contributed by atoms with E-state index in [0.717, 1.165) is 11.1 Å². The number of rotatable bonds is 15. The van der Waals surface area contributed by atoms with E-state index in [1.54, 1.807) is 68.1 Å². The van der Waals surface area contributed by atoms with E-state index in [0.29, 0.717) is 44.1 Å². The molecule has 0 radical (unpaired) electrons. The van der Waals surface area contributed by atoms with Crippen molar-refractivity contribution in [2.45, 2.75) is 229 Å². The minimum atomic E-state index is -1.97. The highest BCUT2D eigenvalue weighted by Crippen LogP contribution is 2.71. The number of aliphatic hydroxyl groups excluding tert-OH is 1. The van der Waals surface area contributed by atoms with E-state index in [4.69, 9.17) is 52.1 Å². The molecular weight excluding hydrogens is 945 g/mol. The molecule has 7 aliphatic rings. The monoisotopic (exact) mass is 1030 g/mol. The topological polar surface area (TPSA) is 217 Å². The first-order valence-electron chi connectivity index (χ1n) is 26.4. The second-order valence-corrected chi connectivity index (χ2v) is 22.3. The molecule has 73 heavy (non-hydrogen) atoms. The van der Waals surface area contributed by atoms with Crippen LogP contribution in [-0.2, 0) is 61.7 Å². The summed E-state index contributed by atoms with van der Waals surface area (Å²) in [6, 6.07) is 9.33. The minimum absolute atomic E-state index is 0.0156. The number of carbonyl (C=O) groups excluding carboxylic acids is 2. The van der Waals surface area contributed by atoms with Gasteiger partial charge in [-0.3, -0.25) is 0 Å². The third-order valence-electron chi connectivity index (χ3n) is 18.6. The zero-order valence-corrected chi connectivity index (χ0v) is 44.6. The number of benzene rings is 1. The zero-order valence-electron chi connectivity index (χ0n) is 44.6. The molecule has 3 heterocycles. The van der Waals surface area contributed by atoms with Crippen molar-refractivity contribution in [3.8, 4) is 0 Å². The molecule has 17 nitrogen and oxygen atoms in total. The van der Waals surface area contributed by atoms with Gasteiger partial charge in [0.1, 0.15) is 47.3 Å². The summed E-state index contributed by atoms with van der Waals surface area (Å²) in [6.07, 6.45) is 1.15. The van der Waals surface area contributed by atoms with E-state index in [1.165, 1.54) is 6.08 Å². The maximum absolute atomic E-state index is 13.9. The molecule has 21 unspecified atom stereocenters. The first-order valence-corrected chi connectivity index (χ1v) is 26.4. The summed E-state index contributed by atoms with van der Waals surface area (Å²) in [5.74, 6) is -1.86. The van der Waals surface area contributed by atoms with E-state index in [9.17, 15) is 30.0 Å². The lowest BCUT2D eigenvalue weighted by atomic mass is 9.42. The van der Waals surface area contributed by atoms with E-state index in [2.05, 4.69) is 6.92 Å². The van der Waals surface area contributed by atoms with Gasteiger partial charge >= 0.3 is 11.9 Å². The SMILES string of the molecule is CC=C(C)C(=O)OC(C)C1(O)CCC2(O)C3(O)CC=C4CC(OC5CC(OC)C(OC6CC(OC)C(OC7CC(OC)C(O)C(C)O7)C(C)O6)C(C)O5)CCC4(C)C3CC(OC(=O)C=Cc3ccccc3)C12C. The zero-order chi connectivity index (χ0) is 52.8. The molecule has 4 aliphatic carbocycles. The van der Waals surface area contributed by atoms with Gasteiger partial charge in [0.2, 0.25) is 0 Å². The number of hydrogen-bond donors (Lipinski definition) is 4. The van der Waals surface area contributed by atoms with Crippen LogP contribution in [0, 0.1) is 16.7 Å². The predicted molar refractivity (Wildman–Crippen MR) is 265 cm³/mol. The van der Waals surface area contributed by atoms with Crippen molar-refractivity contribution >= 4 is 18.0 Å². The molecule has 3 saturated heterocycles. The van der Waals surface area contributed by atoms with Crippen molar-refractivity contribution in [1.82, 2.24) is 0 Å². The first kappa shape index (κ1) is 56.1. The normalized spacial score (nSPS) is 45.4. The molecule has 17 heteroatoms. The summed E-state index contributed by atoms with van der Waals surface area (Å²) in [5.41, 5.74) is -5.71. The number of aliphatic hydroxyl groups is 4. The van der Waals surface area contributed by atoms with Crippen molar-refractivity contribution in [3.05, 3.63) is 65.3 Å². The van der Waals surface area contributed by atoms with Crippen molar-refractivity contribution in [1.29, 1.82) is 0 Å². The molecule has 0 aromatic heterocycles. The number of hydrogen-bond acceptors (Lipinski definition) is 17. The molecule has 8 rings (SSSR count). The molecule has 6 fully saturated rings. The summed E-state index contributed by atoms with van der Waals surface area (Å²) < 4.78 is 68.4. The van der Waals surface area contributed by atoms with Crippen molar-refractivity contribution in [2.24, 2.45) is 16.7 Å². The fraction of sp³-hybridized carbons (Fsp3) is 0.750. The lowest BCUT2D eigenvalue weighted by Gasteiger charge is -2.67. The van der Waals surface area contributed by atoms with Crippen LogP contribution in [0.2, 0.25) is 0 Å². The molecule has 4 N–H and O–H groups in total. The average Bonchev–Trinajstić information content (AvgIpc) is 3.60. The number of fused-ring (bicyclic) bond motifs is 5. The molecule has 408 valence electrons. The van der Waals surface area contributed by atoms with E-state index in [-0.39, 0.29) is 37.9 Å². The Hall–Kier alpha value is -3.14. The van der Waals surface area contributed by atoms with E-state index in [1.807, 2.05) is 50.3 Å². The molecule has 0 spiro atoms. The summed E-state index contributed by atoms with van der Waals surface area (Å²) in [4.78, 5) is 27.0. The van der Waals surface area contributed by atoms with Crippen molar-refractivity contribution in [3.63, 3.8) is 0 Å². The van der Waals surface area contributed by atoms with Crippen LogP contribution in [0.15, 0.2) is 59.7 Å². The average molecular weight is 1030 g/mol. The van der Waals surface area contributed by atoms with Crippen LogP contribution in [0.3, 0.4) is 0 Å². The van der Waals surface area contributed by atoms with Gasteiger partial charge in [-0.25, -0.2) is 9.59 Å². The van der Waals surface area contributed by atoms with Gasteiger partial charge in [-0.2, -0.15) is 0 Å². The Balaban J connectivity index is 0.950. The summed E-state index contributed by atoms with van der Waals surface area (Å²) >= 11 is 0. The second-order valence-electron chi connectivity index (χ2n) is 22.3. The fourth-order valence-electron chi connectivity index (χ4n) is 13.9. The highest BCUT2D eigenvalue weighted by Gasteiger charge is 2.81. The van der Waals surface area contributed by atoms with Gasteiger partial charge in [0.25, 0.3) is 0 Å². The second kappa shape index (κ2) is 22.1. The summed E-state index contributed by atoms with van der Waals surface area (Å²) in [5, 5.41) is 49.9. The van der Waals surface area contributed by atoms with E-state index >= 15 is 0 Å².